The maximum atomic E-state index is 13.2. The predicted molar refractivity (Wildman–Crippen MR) is 124 cm³/mol. The number of hydrogen-bond donors (Lipinski definition) is 0. The first-order chi connectivity index (χ1) is 14.2. The molecule has 0 unspecified atom stereocenters. The second-order valence-corrected chi connectivity index (χ2v) is 9.02. The van der Waals surface area contributed by atoms with Crippen LogP contribution in [0.5, 0.6) is 0 Å². The number of aromatic nitrogens is 1. The molecule has 0 saturated heterocycles. The van der Waals surface area contributed by atoms with Crippen molar-refractivity contribution >= 4 is 44.4 Å². The highest BCUT2D eigenvalue weighted by Crippen LogP contribution is 2.31. The van der Waals surface area contributed by atoms with Gasteiger partial charge in [0.15, 0.2) is 5.13 Å². The third-order valence-electron chi connectivity index (χ3n) is 4.58. The summed E-state index contributed by atoms with van der Waals surface area (Å²) in [5, 5.41) is 0.768. The van der Waals surface area contributed by atoms with Crippen LogP contribution in [0.3, 0.4) is 0 Å². The maximum absolute atomic E-state index is 13.2. The molecule has 0 aliphatic rings. The van der Waals surface area contributed by atoms with Gasteiger partial charge in [0, 0.05) is 17.1 Å². The molecule has 0 atom stereocenters. The van der Waals surface area contributed by atoms with Crippen LogP contribution >= 0.6 is 23.1 Å². The van der Waals surface area contributed by atoms with Gasteiger partial charge in [-0.1, -0.05) is 65.9 Å². The molecule has 3 aromatic carbocycles. The van der Waals surface area contributed by atoms with Crippen molar-refractivity contribution in [2.45, 2.75) is 24.8 Å². The minimum Gasteiger partial charge on any atom is -0.284 e. The zero-order valence-corrected chi connectivity index (χ0v) is 17.9. The summed E-state index contributed by atoms with van der Waals surface area (Å²) in [6.45, 7) is 2.61. The number of anilines is 1. The fraction of sp³-hybridized carbons (Fsp3) is 0.167. The number of nitrogens with zero attached hydrogens (tertiary/aromatic N) is 2. The predicted octanol–water partition coefficient (Wildman–Crippen LogP) is 6.32. The lowest BCUT2D eigenvalue weighted by Gasteiger charge is -2.20. The van der Waals surface area contributed by atoms with Gasteiger partial charge in [-0.05, 0) is 42.3 Å². The molecule has 0 N–H and O–H groups in total. The number of carbonyl (C=O) groups excluding carboxylic acids is 1. The number of hydrogen-bond acceptors (Lipinski definition) is 4. The van der Waals surface area contributed by atoms with Gasteiger partial charge in [0.05, 0.1) is 16.8 Å². The number of carbonyl (C=O) groups is 1. The van der Waals surface area contributed by atoms with Crippen molar-refractivity contribution in [2.24, 2.45) is 0 Å². The molecule has 3 nitrogen and oxygen atoms in total. The van der Waals surface area contributed by atoms with Crippen LogP contribution in [0.25, 0.3) is 10.2 Å². The lowest BCUT2D eigenvalue weighted by Crippen LogP contribution is -2.30. The van der Waals surface area contributed by atoms with E-state index in [0.29, 0.717) is 13.0 Å². The van der Waals surface area contributed by atoms with E-state index in [9.17, 15) is 4.79 Å². The van der Waals surface area contributed by atoms with Gasteiger partial charge in [-0.25, -0.2) is 4.98 Å². The van der Waals surface area contributed by atoms with Gasteiger partial charge in [0.2, 0.25) is 5.91 Å². The standard InChI is InChI=1S/C24H22N2OS2/c1-18-12-13-21-22(16-18)29-24(25-21)26(17-19-8-4-2-5-9-19)23(27)14-15-28-20-10-6-3-7-11-20/h2-13,16H,14-15,17H2,1H3. The molecule has 0 spiro atoms. The molecule has 4 aromatic rings. The van der Waals surface area contributed by atoms with Gasteiger partial charge in [-0.15, -0.1) is 11.8 Å². The van der Waals surface area contributed by atoms with Crippen molar-refractivity contribution in [3.63, 3.8) is 0 Å². The molecule has 1 aromatic heterocycles. The highest BCUT2D eigenvalue weighted by Gasteiger charge is 2.20. The second kappa shape index (κ2) is 9.25. The largest absolute Gasteiger partial charge is 0.284 e. The van der Waals surface area contributed by atoms with E-state index in [2.05, 4.69) is 43.3 Å². The lowest BCUT2D eigenvalue weighted by molar-refractivity contribution is -0.118. The molecular weight excluding hydrogens is 396 g/mol. The van der Waals surface area contributed by atoms with E-state index in [1.54, 1.807) is 23.1 Å². The summed E-state index contributed by atoms with van der Waals surface area (Å²) in [6, 6.07) is 26.5. The molecule has 0 fully saturated rings. The number of benzene rings is 3. The summed E-state index contributed by atoms with van der Waals surface area (Å²) < 4.78 is 1.12. The molecule has 4 rings (SSSR count). The molecule has 29 heavy (non-hydrogen) atoms. The molecule has 0 saturated carbocycles. The molecule has 5 heteroatoms. The third kappa shape index (κ3) is 5.05. The summed E-state index contributed by atoms with van der Waals surface area (Å²) in [5.74, 6) is 0.853. The number of aryl methyl sites for hydroxylation is 1. The first kappa shape index (κ1) is 19.7. The van der Waals surface area contributed by atoms with Gasteiger partial charge in [-0.2, -0.15) is 0 Å². The second-order valence-electron chi connectivity index (χ2n) is 6.84. The van der Waals surface area contributed by atoms with Crippen molar-refractivity contribution in [2.75, 3.05) is 10.7 Å². The topological polar surface area (TPSA) is 33.2 Å². The Bertz CT molecular complexity index is 1090. The molecule has 146 valence electrons. The van der Waals surface area contributed by atoms with Crippen molar-refractivity contribution in [3.8, 4) is 0 Å². The zero-order valence-electron chi connectivity index (χ0n) is 16.2. The van der Waals surface area contributed by atoms with Gasteiger partial charge in [-0.3, -0.25) is 9.69 Å². The third-order valence-corrected chi connectivity index (χ3v) is 6.63. The van der Waals surface area contributed by atoms with Crippen LogP contribution in [-0.2, 0) is 11.3 Å². The van der Waals surface area contributed by atoms with E-state index in [0.717, 1.165) is 26.7 Å². The first-order valence-electron chi connectivity index (χ1n) is 9.58. The Balaban J connectivity index is 1.54. The van der Waals surface area contributed by atoms with Crippen LogP contribution in [0.15, 0.2) is 83.8 Å². The summed E-state index contributed by atoms with van der Waals surface area (Å²) in [7, 11) is 0. The fourth-order valence-electron chi connectivity index (χ4n) is 3.07. The van der Waals surface area contributed by atoms with Gasteiger partial charge < -0.3 is 0 Å². The Morgan fingerprint density at radius 1 is 1.00 bits per heavy atom. The van der Waals surface area contributed by atoms with Crippen LogP contribution < -0.4 is 4.90 Å². The van der Waals surface area contributed by atoms with E-state index in [-0.39, 0.29) is 5.91 Å². The average molecular weight is 419 g/mol. The highest BCUT2D eigenvalue weighted by atomic mass is 32.2. The van der Waals surface area contributed by atoms with Gasteiger partial charge in [0.1, 0.15) is 0 Å². The number of fused-ring (bicyclic) bond motifs is 1. The van der Waals surface area contributed by atoms with Gasteiger partial charge in [0.25, 0.3) is 0 Å². The summed E-state index contributed by atoms with van der Waals surface area (Å²) in [5.41, 5.74) is 3.25. The number of amides is 1. The minimum atomic E-state index is 0.105. The molecular formula is C24H22N2OS2. The normalized spacial score (nSPS) is 10.9. The summed E-state index contributed by atoms with van der Waals surface area (Å²) >= 11 is 3.29. The van der Waals surface area contributed by atoms with E-state index in [4.69, 9.17) is 4.98 Å². The lowest BCUT2D eigenvalue weighted by atomic mass is 10.2. The molecule has 1 heterocycles. The quantitative estimate of drug-likeness (QED) is 0.329. The fourth-order valence-corrected chi connectivity index (χ4v) is 5.01. The smallest absolute Gasteiger partial charge is 0.229 e. The van der Waals surface area contributed by atoms with Crippen LogP contribution in [0, 0.1) is 6.92 Å². The number of thioether (sulfide) groups is 1. The molecule has 0 aliphatic carbocycles. The van der Waals surface area contributed by atoms with Crippen molar-refractivity contribution in [1.82, 2.24) is 4.98 Å². The first-order valence-corrected chi connectivity index (χ1v) is 11.4. The highest BCUT2D eigenvalue weighted by molar-refractivity contribution is 7.99. The minimum absolute atomic E-state index is 0.105. The zero-order chi connectivity index (χ0) is 20.1. The van der Waals surface area contributed by atoms with Crippen LogP contribution in [0.1, 0.15) is 17.5 Å². The van der Waals surface area contributed by atoms with Crippen LogP contribution in [-0.4, -0.2) is 16.6 Å². The van der Waals surface area contributed by atoms with Crippen molar-refractivity contribution in [1.29, 1.82) is 0 Å². The Kier molecular flexibility index (Phi) is 6.27. The van der Waals surface area contributed by atoms with E-state index >= 15 is 0 Å². The van der Waals surface area contributed by atoms with E-state index in [1.807, 2.05) is 47.4 Å². The van der Waals surface area contributed by atoms with Crippen LogP contribution in [0.2, 0.25) is 0 Å². The van der Waals surface area contributed by atoms with Crippen molar-refractivity contribution in [3.05, 3.63) is 90.0 Å². The van der Waals surface area contributed by atoms with E-state index in [1.165, 1.54) is 10.5 Å². The Morgan fingerprint density at radius 2 is 1.72 bits per heavy atom. The Labute approximate surface area is 179 Å². The Hall–Kier alpha value is -2.63. The summed E-state index contributed by atoms with van der Waals surface area (Å²) in [6.07, 6.45) is 0.474. The van der Waals surface area contributed by atoms with Crippen LogP contribution in [0.4, 0.5) is 5.13 Å². The van der Waals surface area contributed by atoms with E-state index < -0.39 is 0 Å². The maximum Gasteiger partial charge on any atom is 0.229 e. The number of thiazole rings is 1. The molecule has 0 aliphatic heterocycles. The molecule has 0 bridgehead atoms. The van der Waals surface area contributed by atoms with Gasteiger partial charge >= 0.3 is 0 Å². The average Bonchev–Trinajstić information content (AvgIpc) is 3.16. The number of rotatable bonds is 7. The molecule has 1 amide bonds. The molecule has 0 radical (unpaired) electrons. The monoisotopic (exact) mass is 418 g/mol. The summed E-state index contributed by atoms with van der Waals surface area (Å²) in [4.78, 5) is 20.9. The Morgan fingerprint density at radius 3 is 2.48 bits per heavy atom. The van der Waals surface area contributed by atoms with Crippen molar-refractivity contribution < 1.29 is 4.79 Å². The SMILES string of the molecule is Cc1ccc2nc(N(Cc3ccccc3)C(=O)CCSc3ccccc3)sc2c1.